The first-order valence-electron chi connectivity index (χ1n) is 11.9. The molecule has 0 atom stereocenters. The van der Waals surface area contributed by atoms with E-state index in [1.54, 1.807) is 42.5 Å². The molecule has 36 heavy (non-hydrogen) atoms. The summed E-state index contributed by atoms with van der Waals surface area (Å²) in [4.78, 5) is 31.9. The zero-order chi connectivity index (χ0) is 25.9. The van der Waals surface area contributed by atoms with Gasteiger partial charge in [-0.15, -0.1) is 0 Å². The van der Waals surface area contributed by atoms with Crippen LogP contribution in [0.15, 0.2) is 58.2 Å². The molecule has 190 valence electrons. The summed E-state index contributed by atoms with van der Waals surface area (Å²) in [6, 6.07) is 13.0. The van der Waals surface area contributed by atoms with Crippen molar-refractivity contribution < 1.29 is 13.2 Å². The first-order valence-corrected chi connectivity index (χ1v) is 13.8. The van der Waals surface area contributed by atoms with Crippen LogP contribution in [0.5, 0.6) is 0 Å². The second-order valence-corrected chi connectivity index (χ2v) is 11.5. The van der Waals surface area contributed by atoms with Gasteiger partial charge >= 0.3 is 0 Å². The smallest absolute Gasteiger partial charge is 0.251 e. The van der Waals surface area contributed by atoms with Crippen LogP contribution in [0.2, 0.25) is 5.02 Å². The Bertz CT molecular complexity index is 1410. The molecule has 8 nitrogen and oxygen atoms in total. The van der Waals surface area contributed by atoms with Gasteiger partial charge in [0, 0.05) is 42.7 Å². The SMILES string of the molecule is CC(C)C(=O)NCc1ccc(Cl)c(-c2nc(-c3ccc(S(=O)(=O)N4CCCCC4)cc3)cc(=O)[nH]2)c1. The number of amides is 1. The number of carbonyl (C=O) groups is 1. The number of hydrogen-bond acceptors (Lipinski definition) is 5. The van der Waals surface area contributed by atoms with Gasteiger partial charge in [0.25, 0.3) is 5.56 Å². The van der Waals surface area contributed by atoms with Crippen LogP contribution in [-0.2, 0) is 21.4 Å². The number of aromatic nitrogens is 2. The lowest BCUT2D eigenvalue weighted by atomic mass is 10.1. The van der Waals surface area contributed by atoms with E-state index in [-0.39, 0.29) is 28.1 Å². The fourth-order valence-electron chi connectivity index (χ4n) is 4.04. The van der Waals surface area contributed by atoms with E-state index in [2.05, 4.69) is 15.3 Å². The number of rotatable bonds is 7. The maximum atomic E-state index is 12.9. The quantitative estimate of drug-likeness (QED) is 0.477. The topological polar surface area (TPSA) is 112 Å². The van der Waals surface area contributed by atoms with Crippen molar-refractivity contribution in [3.05, 3.63) is 69.5 Å². The minimum Gasteiger partial charge on any atom is -0.352 e. The number of H-pyrrole nitrogens is 1. The van der Waals surface area contributed by atoms with Gasteiger partial charge in [-0.2, -0.15) is 4.31 Å². The molecule has 1 aliphatic heterocycles. The normalized spacial score (nSPS) is 14.7. The second-order valence-electron chi connectivity index (χ2n) is 9.16. The monoisotopic (exact) mass is 528 g/mol. The third-order valence-corrected chi connectivity index (χ3v) is 8.36. The molecule has 0 spiro atoms. The predicted molar refractivity (Wildman–Crippen MR) is 140 cm³/mol. The molecule has 0 saturated carbocycles. The Morgan fingerprint density at radius 3 is 2.44 bits per heavy atom. The van der Waals surface area contributed by atoms with Gasteiger partial charge in [-0.1, -0.05) is 50.1 Å². The third kappa shape index (κ3) is 5.86. The number of halogens is 1. The Balaban J connectivity index is 1.62. The minimum atomic E-state index is -3.55. The first kappa shape index (κ1) is 26.1. The predicted octanol–water partition coefficient (Wildman–Crippen LogP) is 4.20. The minimum absolute atomic E-state index is 0.0641. The lowest BCUT2D eigenvalue weighted by Gasteiger charge is -2.25. The van der Waals surface area contributed by atoms with Crippen molar-refractivity contribution in [3.8, 4) is 22.6 Å². The molecular formula is C26H29ClN4O4S. The molecule has 0 radical (unpaired) electrons. The molecular weight excluding hydrogens is 500 g/mol. The maximum absolute atomic E-state index is 12.9. The van der Waals surface area contributed by atoms with E-state index in [0.717, 1.165) is 24.8 Å². The zero-order valence-electron chi connectivity index (χ0n) is 20.3. The summed E-state index contributed by atoms with van der Waals surface area (Å²) in [5.41, 5.74) is 1.97. The Hall–Kier alpha value is -3.01. The molecule has 1 fully saturated rings. The fourth-order valence-corrected chi connectivity index (χ4v) is 5.77. The average molecular weight is 529 g/mol. The molecule has 1 aliphatic rings. The number of benzene rings is 2. The molecule has 0 aliphatic carbocycles. The Kier molecular flexibility index (Phi) is 7.92. The van der Waals surface area contributed by atoms with Crippen LogP contribution in [0.3, 0.4) is 0 Å². The summed E-state index contributed by atoms with van der Waals surface area (Å²) in [5.74, 6) is 0.0861. The molecule has 10 heteroatoms. The highest BCUT2D eigenvalue weighted by molar-refractivity contribution is 7.89. The van der Waals surface area contributed by atoms with Crippen LogP contribution in [0.1, 0.15) is 38.7 Å². The number of nitrogens with one attached hydrogen (secondary N) is 2. The largest absolute Gasteiger partial charge is 0.352 e. The van der Waals surface area contributed by atoms with Crippen LogP contribution < -0.4 is 10.9 Å². The average Bonchev–Trinajstić information content (AvgIpc) is 2.88. The Morgan fingerprint density at radius 2 is 1.78 bits per heavy atom. The van der Waals surface area contributed by atoms with Crippen molar-refractivity contribution >= 4 is 27.5 Å². The first-order chi connectivity index (χ1) is 17.1. The zero-order valence-corrected chi connectivity index (χ0v) is 21.8. The van der Waals surface area contributed by atoms with E-state index in [9.17, 15) is 18.0 Å². The Labute approximate surface area is 215 Å². The Morgan fingerprint density at radius 1 is 1.08 bits per heavy atom. The molecule has 1 aromatic heterocycles. The number of hydrogen-bond donors (Lipinski definition) is 2. The van der Waals surface area contributed by atoms with Crippen LogP contribution >= 0.6 is 11.6 Å². The lowest BCUT2D eigenvalue weighted by molar-refractivity contribution is -0.124. The number of piperidine rings is 1. The van der Waals surface area contributed by atoms with Crippen LogP contribution in [0.4, 0.5) is 0 Å². The van der Waals surface area contributed by atoms with Gasteiger partial charge in [-0.05, 0) is 42.7 Å². The summed E-state index contributed by atoms with van der Waals surface area (Å²) in [7, 11) is -3.55. The van der Waals surface area contributed by atoms with Crippen molar-refractivity contribution in [1.29, 1.82) is 0 Å². The maximum Gasteiger partial charge on any atom is 0.251 e. The summed E-state index contributed by atoms with van der Waals surface area (Å²) >= 11 is 6.42. The van der Waals surface area contributed by atoms with E-state index in [4.69, 9.17) is 11.6 Å². The number of carbonyl (C=O) groups excluding carboxylic acids is 1. The van der Waals surface area contributed by atoms with Crippen molar-refractivity contribution in [2.45, 2.75) is 44.6 Å². The third-order valence-electron chi connectivity index (χ3n) is 6.12. The summed E-state index contributed by atoms with van der Waals surface area (Å²) in [6.07, 6.45) is 2.77. The van der Waals surface area contributed by atoms with Crippen LogP contribution in [0.25, 0.3) is 22.6 Å². The summed E-state index contributed by atoms with van der Waals surface area (Å²) in [5, 5.41) is 3.26. The van der Waals surface area contributed by atoms with Crippen molar-refractivity contribution in [2.75, 3.05) is 13.1 Å². The molecule has 2 aromatic carbocycles. The van der Waals surface area contributed by atoms with E-state index in [0.29, 0.717) is 41.5 Å². The summed E-state index contributed by atoms with van der Waals surface area (Å²) in [6.45, 7) is 5.02. The van der Waals surface area contributed by atoms with Crippen molar-refractivity contribution in [1.82, 2.24) is 19.6 Å². The van der Waals surface area contributed by atoms with Crippen LogP contribution in [-0.4, -0.2) is 41.7 Å². The van der Waals surface area contributed by atoms with Crippen LogP contribution in [0, 0.1) is 5.92 Å². The molecule has 2 heterocycles. The van der Waals surface area contributed by atoms with Gasteiger partial charge in [0.1, 0.15) is 5.82 Å². The van der Waals surface area contributed by atoms with Gasteiger partial charge in [-0.25, -0.2) is 13.4 Å². The van der Waals surface area contributed by atoms with E-state index >= 15 is 0 Å². The number of nitrogens with zero attached hydrogens (tertiary/aromatic N) is 2. The van der Waals surface area contributed by atoms with E-state index in [1.165, 1.54) is 10.4 Å². The fraction of sp³-hybridized carbons (Fsp3) is 0.346. The standard InChI is InChI=1S/C26H29ClN4O4S/c1-17(2)26(33)28-16-18-6-11-22(27)21(14-18)25-29-23(15-24(32)30-25)19-7-9-20(10-8-19)36(34,35)31-12-4-3-5-13-31/h6-11,14-15,17H,3-5,12-13,16H2,1-2H3,(H,28,33)(H,29,30,32). The van der Waals surface area contributed by atoms with E-state index in [1.807, 2.05) is 13.8 Å². The van der Waals surface area contributed by atoms with E-state index < -0.39 is 10.0 Å². The highest BCUT2D eigenvalue weighted by atomic mass is 35.5. The number of aromatic amines is 1. The highest BCUT2D eigenvalue weighted by Gasteiger charge is 2.25. The molecule has 1 amide bonds. The second kappa shape index (κ2) is 10.9. The lowest BCUT2D eigenvalue weighted by Crippen LogP contribution is -2.35. The highest BCUT2D eigenvalue weighted by Crippen LogP contribution is 2.28. The number of sulfonamides is 1. The molecule has 3 aromatic rings. The molecule has 0 bridgehead atoms. The molecule has 1 saturated heterocycles. The van der Waals surface area contributed by atoms with Gasteiger partial charge in [-0.3, -0.25) is 9.59 Å². The molecule has 4 rings (SSSR count). The molecule has 0 unspecified atom stereocenters. The van der Waals surface area contributed by atoms with Gasteiger partial charge in [0.15, 0.2) is 0 Å². The van der Waals surface area contributed by atoms with Crippen molar-refractivity contribution in [2.24, 2.45) is 5.92 Å². The summed E-state index contributed by atoms with van der Waals surface area (Å²) < 4.78 is 27.4. The van der Waals surface area contributed by atoms with Gasteiger partial charge < -0.3 is 10.3 Å². The molecule has 2 N–H and O–H groups in total. The van der Waals surface area contributed by atoms with Gasteiger partial charge in [0.05, 0.1) is 15.6 Å². The van der Waals surface area contributed by atoms with Crippen molar-refractivity contribution in [3.63, 3.8) is 0 Å². The van der Waals surface area contributed by atoms with Gasteiger partial charge in [0.2, 0.25) is 15.9 Å².